The summed E-state index contributed by atoms with van der Waals surface area (Å²) in [5, 5.41) is 13.5. The molecule has 1 aliphatic rings. The Morgan fingerprint density at radius 1 is 0.878 bits per heavy atom. The molecule has 0 bridgehead atoms. The number of nitrogens with one attached hydrogen (secondary N) is 1. The second-order valence-electron chi connectivity index (χ2n) is 13.1. The van der Waals surface area contributed by atoms with Gasteiger partial charge in [0.15, 0.2) is 10.6 Å². The number of nitrogens with zero attached hydrogens (tertiary/aromatic N) is 4. The maximum atomic E-state index is 14.5. The van der Waals surface area contributed by atoms with Crippen molar-refractivity contribution < 1.29 is 8.42 Å². The molecular weight excluding hydrogens is 530 g/mol. The number of anilines is 1. The van der Waals surface area contributed by atoms with Crippen LogP contribution in [-0.4, -0.2) is 28.6 Å². The van der Waals surface area contributed by atoms with E-state index in [1.807, 2.05) is 25.1 Å². The number of aryl methyl sites for hydroxylation is 1. The van der Waals surface area contributed by atoms with Crippen LogP contribution >= 0.6 is 0 Å². The third-order valence-corrected chi connectivity index (χ3v) is 11.3. The van der Waals surface area contributed by atoms with E-state index in [1.54, 1.807) is 4.80 Å². The fourth-order valence-corrected chi connectivity index (χ4v) is 8.08. The second kappa shape index (κ2) is 16.0. The van der Waals surface area contributed by atoms with Gasteiger partial charge in [0, 0.05) is 0 Å². The zero-order chi connectivity index (χ0) is 29.9. The van der Waals surface area contributed by atoms with Crippen LogP contribution in [0.15, 0.2) is 18.2 Å². The van der Waals surface area contributed by atoms with Crippen molar-refractivity contribution in [1.29, 1.82) is 0 Å². The topological polar surface area (TPSA) is 89.8 Å². The average molecular weight is 588 g/mol. The zero-order valence-electron chi connectivity index (χ0n) is 26.8. The minimum absolute atomic E-state index is 0.0579. The quantitative estimate of drug-likeness (QED) is 0.176. The normalized spacial score (nSPS) is 16.4. The first-order valence-corrected chi connectivity index (χ1v) is 18.0. The Morgan fingerprint density at radius 3 is 1.95 bits per heavy atom. The van der Waals surface area contributed by atoms with Crippen molar-refractivity contribution in [3.63, 3.8) is 0 Å². The lowest BCUT2D eigenvalue weighted by Crippen LogP contribution is -2.45. The summed E-state index contributed by atoms with van der Waals surface area (Å²) in [5.41, 5.74) is 2.75. The Kier molecular flexibility index (Phi) is 13.1. The summed E-state index contributed by atoms with van der Waals surface area (Å²) in [6.07, 6.45) is 17.6. The van der Waals surface area contributed by atoms with Gasteiger partial charge in [-0.1, -0.05) is 130 Å². The van der Waals surface area contributed by atoms with Crippen molar-refractivity contribution in [2.24, 2.45) is 5.92 Å². The highest BCUT2D eigenvalue weighted by Gasteiger charge is 2.51. The van der Waals surface area contributed by atoms with Crippen molar-refractivity contribution >= 4 is 15.7 Å². The molecule has 0 amide bonds. The molecule has 0 aliphatic heterocycles. The first-order chi connectivity index (χ1) is 19.6. The van der Waals surface area contributed by atoms with Gasteiger partial charge >= 0.3 is 0 Å². The van der Waals surface area contributed by atoms with Gasteiger partial charge in [0.1, 0.15) is 0 Å². The van der Waals surface area contributed by atoms with Crippen LogP contribution in [0.2, 0.25) is 0 Å². The first kappa shape index (κ1) is 33.5. The summed E-state index contributed by atoms with van der Waals surface area (Å²) in [7, 11) is -3.90. The van der Waals surface area contributed by atoms with E-state index >= 15 is 0 Å². The van der Waals surface area contributed by atoms with Crippen molar-refractivity contribution in [2.75, 3.05) is 4.72 Å². The van der Waals surface area contributed by atoms with Gasteiger partial charge in [-0.25, -0.2) is 8.42 Å². The molecule has 1 atom stereocenters. The number of aromatic nitrogens is 4. The van der Waals surface area contributed by atoms with Crippen LogP contribution in [0.3, 0.4) is 0 Å². The number of hydrogen-bond acceptors (Lipinski definition) is 5. The van der Waals surface area contributed by atoms with E-state index in [9.17, 15) is 8.42 Å². The monoisotopic (exact) mass is 587 g/mol. The summed E-state index contributed by atoms with van der Waals surface area (Å²) >= 11 is 0. The minimum Gasteiger partial charge on any atom is -0.282 e. The summed E-state index contributed by atoms with van der Waals surface area (Å²) < 4.78 is 30.8. The predicted molar refractivity (Wildman–Crippen MR) is 171 cm³/mol. The largest absolute Gasteiger partial charge is 0.282 e. The van der Waals surface area contributed by atoms with Crippen molar-refractivity contribution in [3.05, 3.63) is 35.2 Å². The summed E-state index contributed by atoms with van der Waals surface area (Å²) in [5.74, 6) is 0.648. The number of sulfonamides is 1. The molecule has 7 nitrogen and oxygen atoms in total. The van der Waals surface area contributed by atoms with Gasteiger partial charge < -0.3 is 0 Å². The molecule has 1 saturated carbocycles. The molecule has 3 rings (SSSR count). The Morgan fingerprint density at radius 2 is 1.41 bits per heavy atom. The van der Waals surface area contributed by atoms with E-state index in [-0.39, 0.29) is 17.8 Å². The summed E-state index contributed by atoms with van der Waals surface area (Å²) in [4.78, 5) is 1.62. The minimum atomic E-state index is -3.90. The van der Waals surface area contributed by atoms with Crippen LogP contribution in [-0.2, 0) is 21.3 Å². The average Bonchev–Trinajstić information content (AvgIpc) is 3.43. The number of unbranched alkanes of at least 4 members (excludes halogenated alkanes) is 9. The van der Waals surface area contributed by atoms with Gasteiger partial charge in [-0.05, 0) is 60.3 Å². The molecule has 1 aliphatic carbocycles. The standard InChI is InChI=1S/C33H57N5O2S/c1-7-8-9-10-11-12-13-14-15-19-25-38-35-32(34-37-38)33(6,28-21-17-16-18-22-28)41(39,40)36-31-29(26(2)3)23-20-24-30(31)27(4)5/h20,23-24,26-28,36H,7-19,21-22,25H2,1-6H3. The van der Waals surface area contributed by atoms with Crippen molar-refractivity contribution in [1.82, 2.24) is 20.2 Å². The van der Waals surface area contributed by atoms with Crippen molar-refractivity contribution in [2.45, 2.75) is 161 Å². The smallest absolute Gasteiger partial charge is 0.246 e. The molecule has 1 unspecified atom stereocenters. The number of para-hydroxylation sites is 1. The van der Waals surface area contributed by atoms with Crippen LogP contribution < -0.4 is 4.72 Å². The molecule has 0 radical (unpaired) electrons. The maximum absolute atomic E-state index is 14.5. The highest BCUT2D eigenvalue weighted by atomic mass is 32.2. The highest BCUT2D eigenvalue weighted by Crippen LogP contribution is 2.45. The van der Waals surface area contributed by atoms with E-state index in [1.165, 1.54) is 51.4 Å². The molecular formula is C33H57N5O2S. The first-order valence-electron chi connectivity index (χ1n) is 16.5. The van der Waals surface area contributed by atoms with Crippen LogP contribution in [0.1, 0.15) is 167 Å². The molecule has 41 heavy (non-hydrogen) atoms. The molecule has 1 N–H and O–H groups in total. The third-order valence-electron chi connectivity index (χ3n) is 9.16. The van der Waals surface area contributed by atoms with Crippen LogP contribution in [0, 0.1) is 5.92 Å². The molecule has 1 heterocycles. The van der Waals surface area contributed by atoms with E-state index in [0.717, 1.165) is 61.8 Å². The predicted octanol–water partition coefficient (Wildman–Crippen LogP) is 9.08. The Hall–Kier alpha value is -1.96. The number of hydrogen-bond donors (Lipinski definition) is 1. The zero-order valence-corrected chi connectivity index (χ0v) is 27.6. The van der Waals surface area contributed by atoms with Gasteiger partial charge in [-0.2, -0.15) is 4.80 Å². The lowest BCUT2D eigenvalue weighted by Gasteiger charge is -2.37. The van der Waals surface area contributed by atoms with Gasteiger partial charge in [0.05, 0.1) is 12.2 Å². The maximum Gasteiger partial charge on any atom is 0.246 e. The molecule has 0 saturated heterocycles. The molecule has 0 spiro atoms. The SMILES string of the molecule is CCCCCCCCCCCCn1nnc(C(C)(C2CCCCC2)S(=O)(=O)Nc2c(C(C)C)cccc2C(C)C)n1. The highest BCUT2D eigenvalue weighted by molar-refractivity contribution is 7.93. The van der Waals surface area contributed by atoms with Gasteiger partial charge in [0.2, 0.25) is 10.0 Å². The lowest BCUT2D eigenvalue weighted by molar-refractivity contribution is 0.273. The molecule has 8 heteroatoms. The van der Waals surface area contributed by atoms with Gasteiger partial charge in [0.25, 0.3) is 0 Å². The van der Waals surface area contributed by atoms with Crippen molar-refractivity contribution in [3.8, 4) is 0 Å². The second-order valence-corrected chi connectivity index (χ2v) is 15.1. The Labute approximate surface area is 250 Å². The van der Waals surface area contributed by atoms with E-state index in [2.05, 4.69) is 49.7 Å². The fraction of sp³-hybridized carbons (Fsp3) is 0.788. The van der Waals surface area contributed by atoms with Crippen LogP contribution in [0.5, 0.6) is 0 Å². The van der Waals surface area contributed by atoms with Gasteiger partial charge in [-0.15, -0.1) is 10.2 Å². The molecule has 1 aromatic carbocycles. The summed E-state index contributed by atoms with van der Waals surface area (Å²) in [6, 6.07) is 6.10. The lowest BCUT2D eigenvalue weighted by atomic mass is 9.80. The van der Waals surface area contributed by atoms with E-state index < -0.39 is 14.8 Å². The molecule has 1 fully saturated rings. The number of benzene rings is 1. The van der Waals surface area contributed by atoms with Crippen LogP contribution in [0.25, 0.3) is 0 Å². The van der Waals surface area contributed by atoms with E-state index in [0.29, 0.717) is 12.4 Å². The fourth-order valence-electron chi connectivity index (χ4n) is 6.36. The summed E-state index contributed by atoms with van der Waals surface area (Å²) in [6.45, 7) is 13.2. The Balaban J connectivity index is 1.75. The third kappa shape index (κ3) is 8.77. The van der Waals surface area contributed by atoms with Crippen LogP contribution in [0.4, 0.5) is 5.69 Å². The van der Waals surface area contributed by atoms with Gasteiger partial charge in [-0.3, -0.25) is 4.72 Å². The van der Waals surface area contributed by atoms with E-state index in [4.69, 9.17) is 5.10 Å². The Bertz CT molecular complexity index is 1130. The molecule has 2 aromatic rings. The number of tetrazole rings is 1. The molecule has 232 valence electrons. The molecule has 1 aromatic heterocycles. The number of rotatable bonds is 18.